The van der Waals surface area contributed by atoms with Crippen LogP contribution in [0.5, 0.6) is 0 Å². The summed E-state index contributed by atoms with van der Waals surface area (Å²) in [4.78, 5) is 0. The van der Waals surface area contributed by atoms with Crippen molar-refractivity contribution in [3.8, 4) is 11.8 Å². The Hall–Kier alpha value is -0.440. The molecule has 24 heavy (non-hydrogen) atoms. The first-order valence-electron chi connectivity index (χ1n) is 11.0. The molecule has 0 aromatic rings. The summed E-state index contributed by atoms with van der Waals surface area (Å²) in [6, 6.07) is 0. The van der Waals surface area contributed by atoms with Crippen molar-refractivity contribution in [3.05, 3.63) is 13.8 Å². The maximum Gasteiger partial charge on any atom is 0.0198 e. The number of rotatable bonds is 19. The molecule has 0 fully saturated rings. The van der Waals surface area contributed by atoms with Gasteiger partial charge in [0, 0.05) is 13.3 Å². The Morgan fingerprint density at radius 2 is 0.708 bits per heavy atom. The van der Waals surface area contributed by atoms with E-state index in [9.17, 15) is 0 Å². The summed E-state index contributed by atoms with van der Waals surface area (Å²) in [7, 11) is 0. The quantitative estimate of drug-likeness (QED) is 0.164. The molecule has 0 N–H and O–H groups in total. The second kappa shape index (κ2) is 22.6. The average Bonchev–Trinajstić information content (AvgIpc) is 2.60. The van der Waals surface area contributed by atoms with Gasteiger partial charge in [-0.05, 0) is 6.42 Å². The largest absolute Gasteiger partial charge is 0.103 e. The highest BCUT2D eigenvalue weighted by Crippen LogP contribution is 2.14. The fourth-order valence-corrected chi connectivity index (χ4v) is 3.31. The van der Waals surface area contributed by atoms with E-state index in [1.54, 1.807) is 0 Å². The van der Waals surface area contributed by atoms with Gasteiger partial charge in [0.05, 0.1) is 0 Å². The van der Waals surface area contributed by atoms with Gasteiger partial charge >= 0.3 is 0 Å². The Labute approximate surface area is 154 Å². The van der Waals surface area contributed by atoms with Crippen LogP contribution >= 0.6 is 0 Å². The van der Waals surface area contributed by atoms with Crippen LogP contribution in [0.1, 0.15) is 128 Å². The molecule has 0 nitrogen and oxygen atoms in total. The highest BCUT2D eigenvalue weighted by Gasteiger charge is 1.95. The van der Waals surface area contributed by atoms with Gasteiger partial charge in [-0.15, -0.1) is 11.8 Å². The van der Waals surface area contributed by atoms with Crippen molar-refractivity contribution >= 4 is 0 Å². The molecule has 0 unspecified atom stereocenters. The third-order valence-electron chi connectivity index (χ3n) is 4.93. The second-order valence-corrected chi connectivity index (χ2v) is 7.32. The van der Waals surface area contributed by atoms with Crippen molar-refractivity contribution in [3.63, 3.8) is 0 Å². The maximum absolute atomic E-state index is 3.90. The van der Waals surface area contributed by atoms with E-state index in [1.807, 2.05) is 0 Å². The minimum absolute atomic E-state index is 1.04. The molecule has 140 valence electrons. The Balaban J connectivity index is 2.96. The minimum Gasteiger partial charge on any atom is -0.103 e. The fourth-order valence-electron chi connectivity index (χ4n) is 3.31. The SMILES string of the molecule is [CH2]C#CCCCCCCCCCCCCCCCCCCCC[CH2]. The first kappa shape index (κ1) is 23.6. The average molecular weight is 333 g/mol. The number of hydrogen-bond acceptors (Lipinski definition) is 0. The van der Waals surface area contributed by atoms with Crippen LogP contribution < -0.4 is 0 Å². The third-order valence-corrected chi connectivity index (χ3v) is 4.93. The molecule has 0 atom stereocenters. The number of hydrogen-bond donors (Lipinski definition) is 0. The summed E-state index contributed by atoms with van der Waals surface area (Å²) in [5.41, 5.74) is 0. The van der Waals surface area contributed by atoms with Crippen molar-refractivity contribution in [2.45, 2.75) is 128 Å². The highest BCUT2D eigenvalue weighted by molar-refractivity contribution is 5.00. The van der Waals surface area contributed by atoms with Crippen LogP contribution in [-0.4, -0.2) is 0 Å². The molecular weight excluding hydrogens is 288 g/mol. The summed E-state index contributed by atoms with van der Waals surface area (Å²) in [5.74, 6) is 5.77. The molecule has 0 heterocycles. The molecule has 0 saturated carbocycles. The molecule has 0 bridgehead atoms. The molecule has 0 aliphatic carbocycles. The first-order valence-corrected chi connectivity index (χ1v) is 11.0. The van der Waals surface area contributed by atoms with Crippen molar-refractivity contribution in [2.24, 2.45) is 0 Å². The third kappa shape index (κ3) is 21.6. The van der Waals surface area contributed by atoms with E-state index in [4.69, 9.17) is 0 Å². The van der Waals surface area contributed by atoms with Gasteiger partial charge in [-0.3, -0.25) is 0 Å². The fraction of sp³-hybridized carbons (Fsp3) is 0.833. The molecule has 0 aromatic carbocycles. The van der Waals surface area contributed by atoms with Crippen LogP contribution in [0.3, 0.4) is 0 Å². The van der Waals surface area contributed by atoms with Crippen LogP contribution in [0.25, 0.3) is 0 Å². The molecule has 0 aliphatic rings. The predicted octanol–water partition coefficient (Wildman–Crippen LogP) is 8.46. The van der Waals surface area contributed by atoms with Gasteiger partial charge in [-0.2, -0.15) is 0 Å². The molecule has 0 spiro atoms. The molecule has 0 heteroatoms. The first-order chi connectivity index (χ1) is 11.9. The van der Waals surface area contributed by atoms with Gasteiger partial charge in [0.1, 0.15) is 0 Å². The van der Waals surface area contributed by atoms with Gasteiger partial charge in [-0.25, -0.2) is 0 Å². The standard InChI is InChI=1S/C24H44/c1-3-5-7-9-11-13-15-17-19-21-23-24-22-20-18-16-14-12-10-8-6-4-2/h1-3,5,7-24H2. The zero-order valence-corrected chi connectivity index (χ0v) is 16.6. The summed E-state index contributed by atoms with van der Waals surface area (Å²) in [5, 5.41) is 0. The van der Waals surface area contributed by atoms with E-state index >= 15 is 0 Å². The van der Waals surface area contributed by atoms with E-state index in [-0.39, 0.29) is 0 Å². The van der Waals surface area contributed by atoms with E-state index < -0.39 is 0 Å². The van der Waals surface area contributed by atoms with Gasteiger partial charge in [0.2, 0.25) is 0 Å². The Kier molecular flexibility index (Phi) is 22.1. The summed E-state index contributed by atoms with van der Waals surface area (Å²) < 4.78 is 0. The molecule has 0 aliphatic heterocycles. The Bertz CT molecular complexity index is 267. The molecule has 0 aromatic heterocycles. The molecule has 0 saturated heterocycles. The van der Waals surface area contributed by atoms with Crippen molar-refractivity contribution in [1.29, 1.82) is 0 Å². The van der Waals surface area contributed by atoms with Crippen LogP contribution in [0.15, 0.2) is 0 Å². The van der Waals surface area contributed by atoms with Crippen molar-refractivity contribution < 1.29 is 0 Å². The summed E-state index contributed by atoms with van der Waals surface area (Å²) >= 11 is 0. The van der Waals surface area contributed by atoms with Crippen molar-refractivity contribution in [1.82, 2.24) is 0 Å². The monoisotopic (exact) mass is 332 g/mol. The second-order valence-electron chi connectivity index (χ2n) is 7.32. The lowest BCUT2D eigenvalue weighted by Crippen LogP contribution is -1.84. The normalized spacial score (nSPS) is 10.6. The molecule has 0 rings (SSSR count). The zero-order valence-electron chi connectivity index (χ0n) is 16.6. The molecule has 2 radical (unpaired) electrons. The Morgan fingerprint density at radius 1 is 0.417 bits per heavy atom. The molecule has 0 amide bonds. The molecular formula is C24H44. The maximum atomic E-state index is 3.90. The van der Waals surface area contributed by atoms with Gasteiger partial charge in [-0.1, -0.05) is 122 Å². The number of unbranched alkanes of at least 4 members (excludes halogenated alkanes) is 19. The minimum atomic E-state index is 1.04. The summed E-state index contributed by atoms with van der Waals surface area (Å²) in [6.07, 6.45) is 27.8. The van der Waals surface area contributed by atoms with Crippen molar-refractivity contribution in [2.75, 3.05) is 0 Å². The predicted molar refractivity (Wildman–Crippen MR) is 111 cm³/mol. The lowest BCUT2D eigenvalue weighted by Gasteiger charge is -2.03. The van der Waals surface area contributed by atoms with E-state index in [0.717, 1.165) is 12.8 Å². The topological polar surface area (TPSA) is 0 Å². The van der Waals surface area contributed by atoms with E-state index in [0.29, 0.717) is 0 Å². The van der Waals surface area contributed by atoms with Crippen LogP contribution in [-0.2, 0) is 0 Å². The lowest BCUT2D eigenvalue weighted by atomic mass is 10.0. The van der Waals surface area contributed by atoms with Crippen LogP contribution in [0.4, 0.5) is 0 Å². The van der Waals surface area contributed by atoms with E-state index in [2.05, 4.69) is 25.7 Å². The highest BCUT2D eigenvalue weighted by atomic mass is 14.0. The van der Waals surface area contributed by atoms with Gasteiger partial charge in [0.15, 0.2) is 0 Å². The summed E-state index contributed by atoms with van der Waals surface area (Å²) in [6.45, 7) is 7.44. The Morgan fingerprint density at radius 3 is 1.00 bits per heavy atom. The smallest absolute Gasteiger partial charge is 0.0198 e. The zero-order chi connectivity index (χ0) is 17.6. The van der Waals surface area contributed by atoms with Gasteiger partial charge in [0.25, 0.3) is 0 Å². The van der Waals surface area contributed by atoms with E-state index in [1.165, 1.54) is 116 Å². The van der Waals surface area contributed by atoms with Gasteiger partial charge < -0.3 is 0 Å². The van der Waals surface area contributed by atoms with Crippen LogP contribution in [0, 0.1) is 25.7 Å². The lowest BCUT2D eigenvalue weighted by molar-refractivity contribution is 0.524. The van der Waals surface area contributed by atoms with Crippen LogP contribution in [0.2, 0.25) is 0 Å².